The summed E-state index contributed by atoms with van der Waals surface area (Å²) >= 11 is 5.98. The minimum Gasteiger partial charge on any atom is -0.339 e. The summed E-state index contributed by atoms with van der Waals surface area (Å²) in [5, 5.41) is 0.797. The van der Waals surface area contributed by atoms with E-state index in [9.17, 15) is 4.79 Å². The molecule has 2 aromatic rings. The van der Waals surface area contributed by atoms with Crippen LogP contribution in [0.3, 0.4) is 0 Å². The summed E-state index contributed by atoms with van der Waals surface area (Å²) in [6.07, 6.45) is 6.88. The van der Waals surface area contributed by atoms with E-state index in [0.717, 1.165) is 49.3 Å². The Morgan fingerprint density at radius 2 is 1.78 bits per heavy atom. The number of carbonyl (C=O) groups is 1. The van der Waals surface area contributed by atoms with Gasteiger partial charge in [0.1, 0.15) is 0 Å². The van der Waals surface area contributed by atoms with E-state index in [-0.39, 0.29) is 5.91 Å². The van der Waals surface area contributed by atoms with Crippen LogP contribution in [-0.4, -0.2) is 46.9 Å². The molecule has 2 saturated heterocycles. The maximum atomic E-state index is 12.6. The fourth-order valence-electron chi connectivity index (χ4n) is 4.48. The molecule has 1 aromatic carbocycles. The first kappa shape index (κ1) is 18.5. The van der Waals surface area contributed by atoms with Gasteiger partial charge in [0.25, 0.3) is 5.91 Å². The Hall–Kier alpha value is -1.91. The van der Waals surface area contributed by atoms with Crippen LogP contribution >= 0.6 is 11.6 Å². The number of piperidine rings is 1. The molecule has 2 aliphatic rings. The smallest absolute Gasteiger partial charge is 0.255 e. The monoisotopic (exact) mass is 383 g/mol. The second-order valence-corrected chi connectivity index (χ2v) is 8.22. The lowest BCUT2D eigenvalue weighted by atomic mass is 9.83. The summed E-state index contributed by atoms with van der Waals surface area (Å²) in [4.78, 5) is 21.2. The molecule has 1 aromatic heterocycles. The van der Waals surface area contributed by atoms with E-state index in [1.165, 1.54) is 25.1 Å². The number of pyridine rings is 1. The summed E-state index contributed by atoms with van der Waals surface area (Å²) in [5.74, 6) is 1.61. The topological polar surface area (TPSA) is 36.4 Å². The average Bonchev–Trinajstić information content (AvgIpc) is 3.18. The van der Waals surface area contributed by atoms with E-state index in [1.807, 2.05) is 29.2 Å². The van der Waals surface area contributed by atoms with Gasteiger partial charge in [0, 0.05) is 43.6 Å². The van der Waals surface area contributed by atoms with Gasteiger partial charge in [-0.3, -0.25) is 14.7 Å². The molecular formula is C22H26ClN3O. The molecule has 0 N–H and O–H groups in total. The fourth-order valence-corrected chi connectivity index (χ4v) is 4.61. The molecule has 0 saturated carbocycles. The van der Waals surface area contributed by atoms with Crippen LogP contribution in [0.15, 0.2) is 48.8 Å². The van der Waals surface area contributed by atoms with Crippen LogP contribution in [-0.2, 0) is 6.54 Å². The predicted molar refractivity (Wildman–Crippen MR) is 108 cm³/mol. The van der Waals surface area contributed by atoms with Gasteiger partial charge in [0.05, 0.1) is 5.56 Å². The third-order valence-corrected chi connectivity index (χ3v) is 6.28. The van der Waals surface area contributed by atoms with Crippen LogP contribution < -0.4 is 0 Å². The molecule has 3 heterocycles. The van der Waals surface area contributed by atoms with Gasteiger partial charge in [-0.1, -0.05) is 23.7 Å². The Morgan fingerprint density at radius 3 is 2.48 bits per heavy atom. The van der Waals surface area contributed by atoms with Crippen molar-refractivity contribution in [2.45, 2.75) is 25.8 Å². The predicted octanol–water partition coefficient (Wildman–Crippen LogP) is 4.11. The normalized spacial score (nSPS) is 21.5. The number of aromatic nitrogens is 1. The molecule has 0 aliphatic carbocycles. The van der Waals surface area contributed by atoms with E-state index in [1.54, 1.807) is 12.4 Å². The van der Waals surface area contributed by atoms with Crippen LogP contribution in [0.2, 0.25) is 5.02 Å². The van der Waals surface area contributed by atoms with E-state index in [0.29, 0.717) is 5.56 Å². The highest BCUT2D eigenvalue weighted by atomic mass is 35.5. The van der Waals surface area contributed by atoms with Gasteiger partial charge >= 0.3 is 0 Å². The van der Waals surface area contributed by atoms with Crippen molar-refractivity contribution < 1.29 is 4.79 Å². The zero-order chi connectivity index (χ0) is 18.6. The largest absolute Gasteiger partial charge is 0.339 e. The Kier molecular flexibility index (Phi) is 5.74. The summed E-state index contributed by atoms with van der Waals surface area (Å²) in [6.45, 7) is 5.08. The lowest BCUT2D eigenvalue weighted by Gasteiger charge is -2.35. The lowest BCUT2D eigenvalue weighted by Crippen LogP contribution is -2.40. The summed E-state index contributed by atoms with van der Waals surface area (Å²) in [6, 6.07) is 11.9. The van der Waals surface area contributed by atoms with Crippen LogP contribution in [0, 0.1) is 11.8 Å². The van der Waals surface area contributed by atoms with Gasteiger partial charge in [-0.25, -0.2) is 0 Å². The van der Waals surface area contributed by atoms with Crippen molar-refractivity contribution in [3.05, 3.63) is 64.9 Å². The highest BCUT2D eigenvalue weighted by Crippen LogP contribution is 2.32. The van der Waals surface area contributed by atoms with E-state index < -0.39 is 0 Å². The van der Waals surface area contributed by atoms with Crippen molar-refractivity contribution in [2.75, 3.05) is 26.2 Å². The maximum absolute atomic E-state index is 12.6. The van der Waals surface area contributed by atoms with E-state index in [2.05, 4.69) is 22.0 Å². The molecule has 142 valence electrons. The van der Waals surface area contributed by atoms with Crippen LogP contribution in [0.1, 0.15) is 35.2 Å². The summed E-state index contributed by atoms with van der Waals surface area (Å²) < 4.78 is 0. The molecule has 4 rings (SSSR count). The molecule has 0 radical (unpaired) electrons. The van der Waals surface area contributed by atoms with Crippen LogP contribution in [0.5, 0.6) is 0 Å². The fraction of sp³-hybridized carbons (Fsp3) is 0.455. The zero-order valence-corrected chi connectivity index (χ0v) is 16.3. The number of rotatable bonds is 4. The highest BCUT2D eigenvalue weighted by Gasteiger charge is 2.33. The average molecular weight is 384 g/mol. The molecule has 2 fully saturated rings. The third-order valence-electron chi connectivity index (χ3n) is 6.03. The van der Waals surface area contributed by atoms with Gasteiger partial charge in [0.15, 0.2) is 0 Å². The number of hydrogen-bond acceptors (Lipinski definition) is 3. The first-order valence-electron chi connectivity index (χ1n) is 9.85. The van der Waals surface area contributed by atoms with E-state index in [4.69, 9.17) is 11.6 Å². The second-order valence-electron chi connectivity index (χ2n) is 7.78. The van der Waals surface area contributed by atoms with Crippen molar-refractivity contribution in [2.24, 2.45) is 11.8 Å². The van der Waals surface area contributed by atoms with Crippen molar-refractivity contribution in [3.63, 3.8) is 0 Å². The van der Waals surface area contributed by atoms with Crippen molar-refractivity contribution in [3.8, 4) is 0 Å². The minimum atomic E-state index is 0.123. The van der Waals surface area contributed by atoms with Gasteiger partial charge in [-0.05, 0) is 67.5 Å². The van der Waals surface area contributed by atoms with Crippen molar-refractivity contribution in [1.82, 2.24) is 14.8 Å². The SMILES string of the molecule is O=C(c1cccnc1)N1CCC(C2CCN(Cc3ccc(Cl)cc3)C2)CC1. The number of amides is 1. The lowest BCUT2D eigenvalue weighted by molar-refractivity contribution is 0.0658. The molecular weight excluding hydrogens is 358 g/mol. The van der Waals surface area contributed by atoms with Gasteiger partial charge in [-0.15, -0.1) is 0 Å². The third kappa shape index (κ3) is 4.50. The van der Waals surface area contributed by atoms with Crippen molar-refractivity contribution >= 4 is 17.5 Å². The Balaban J connectivity index is 1.26. The van der Waals surface area contributed by atoms with E-state index >= 15 is 0 Å². The zero-order valence-electron chi connectivity index (χ0n) is 15.6. The Bertz CT molecular complexity index is 757. The standard InChI is InChI=1S/C22H26ClN3O/c23-21-5-3-17(4-6-21)15-25-11-7-20(16-25)18-8-12-26(13-9-18)22(27)19-2-1-10-24-14-19/h1-6,10,14,18,20H,7-9,11-13,15-16H2. The quantitative estimate of drug-likeness (QED) is 0.797. The molecule has 0 spiro atoms. The molecule has 1 amide bonds. The van der Waals surface area contributed by atoms with Gasteiger partial charge in [0.2, 0.25) is 0 Å². The first-order chi connectivity index (χ1) is 13.2. The molecule has 4 nitrogen and oxygen atoms in total. The number of carbonyl (C=O) groups excluding carboxylic acids is 1. The van der Waals surface area contributed by atoms with Crippen LogP contribution in [0.25, 0.3) is 0 Å². The minimum absolute atomic E-state index is 0.123. The maximum Gasteiger partial charge on any atom is 0.255 e. The van der Waals surface area contributed by atoms with Crippen molar-refractivity contribution in [1.29, 1.82) is 0 Å². The Labute approximate surface area is 166 Å². The Morgan fingerprint density at radius 1 is 1.04 bits per heavy atom. The second kappa shape index (κ2) is 8.41. The van der Waals surface area contributed by atoms with Crippen LogP contribution in [0.4, 0.5) is 0 Å². The first-order valence-corrected chi connectivity index (χ1v) is 10.2. The molecule has 0 bridgehead atoms. The highest BCUT2D eigenvalue weighted by molar-refractivity contribution is 6.30. The molecule has 27 heavy (non-hydrogen) atoms. The number of halogens is 1. The van der Waals surface area contributed by atoms with Gasteiger partial charge in [-0.2, -0.15) is 0 Å². The number of hydrogen-bond donors (Lipinski definition) is 0. The number of likely N-dealkylation sites (tertiary alicyclic amines) is 2. The molecule has 1 atom stereocenters. The molecule has 2 aliphatic heterocycles. The number of nitrogens with zero attached hydrogens (tertiary/aromatic N) is 3. The molecule has 1 unspecified atom stereocenters. The summed E-state index contributed by atoms with van der Waals surface area (Å²) in [5.41, 5.74) is 2.03. The number of benzene rings is 1. The summed E-state index contributed by atoms with van der Waals surface area (Å²) in [7, 11) is 0. The molecule has 5 heteroatoms. The van der Waals surface area contributed by atoms with Gasteiger partial charge < -0.3 is 4.90 Å².